The van der Waals surface area contributed by atoms with Crippen LogP contribution in [0.2, 0.25) is 0 Å². The largest absolute Gasteiger partial charge is 0.394 e. The van der Waals surface area contributed by atoms with Crippen molar-refractivity contribution < 1.29 is 64.6 Å². The minimum atomic E-state index is -1.79. The molecule has 2 aliphatic rings. The van der Waals surface area contributed by atoms with Crippen molar-refractivity contribution in [2.24, 2.45) is 0 Å². The fraction of sp³-hybridized carbons (Fsp3) is 0.854. The van der Waals surface area contributed by atoms with E-state index in [1.54, 1.807) is 6.08 Å². The van der Waals surface area contributed by atoms with Gasteiger partial charge in [0.15, 0.2) is 12.6 Å². The van der Waals surface area contributed by atoms with E-state index in [1.807, 2.05) is 6.08 Å². The third kappa shape index (κ3) is 22.9. The lowest BCUT2D eigenvalue weighted by Crippen LogP contribution is -2.65. The number of carbonyl (C=O) groups excluding carboxylic acids is 1. The Morgan fingerprint density at radius 2 is 1.03 bits per heavy atom. The van der Waals surface area contributed by atoms with Crippen LogP contribution in [0.1, 0.15) is 168 Å². The number of nitrogens with one attached hydrogen (secondary N) is 1. The molecule has 2 saturated heterocycles. The van der Waals surface area contributed by atoms with Gasteiger partial charge in [-0.1, -0.05) is 159 Å². The lowest BCUT2D eigenvalue weighted by Gasteiger charge is -2.46. The Hall–Kier alpha value is -1.79. The number of aliphatic hydroxyl groups excluding tert-OH is 8. The molecule has 362 valence electrons. The Kier molecular flexibility index (Phi) is 32.2. The molecule has 0 aromatic carbocycles. The molecule has 0 radical (unpaired) electrons. The Morgan fingerprint density at radius 1 is 0.565 bits per heavy atom. The summed E-state index contributed by atoms with van der Waals surface area (Å²) >= 11 is 0. The van der Waals surface area contributed by atoms with Gasteiger partial charge in [0, 0.05) is 6.42 Å². The molecule has 0 aromatic rings. The predicted molar refractivity (Wildman–Crippen MR) is 240 cm³/mol. The zero-order valence-corrected chi connectivity index (χ0v) is 38.1. The summed E-state index contributed by atoms with van der Waals surface area (Å²) in [6.07, 6.45) is 21.9. The number of rotatable bonds is 36. The summed E-state index contributed by atoms with van der Waals surface area (Å²) in [5.74, 6) is -0.255. The maximum atomic E-state index is 13.1. The Labute approximate surface area is 372 Å². The third-order valence-corrected chi connectivity index (χ3v) is 11.8. The van der Waals surface area contributed by atoms with Crippen LogP contribution in [0, 0.1) is 0 Å². The zero-order chi connectivity index (χ0) is 45.4. The summed E-state index contributed by atoms with van der Waals surface area (Å²) in [5.41, 5.74) is 0. The smallest absolute Gasteiger partial charge is 0.220 e. The van der Waals surface area contributed by atoms with Crippen molar-refractivity contribution in [1.29, 1.82) is 0 Å². The van der Waals surface area contributed by atoms with Crippen LogP contribution in [-0.4, -0.2) is 140 Å². The van der Waals surface area contributed by atoms with Crippen LogP contribution < -0.4 is 5.32 Å². The van der Waals surface area contributed by atoms with Gasteiger partial charge in [0.25, 0.3) is 0 Å². The van der Waals surface area contributed by atoms with Crippen molar-refractivity contribution in [2.45, 2.75) is 242 Å². The van der Waals surface area contributed by atoms with Crippen LogP contribution in [0.25, 0.3) is 0 Å². The highest BCUT2D eigenvalue weighted by Crippen LogP contribution is 2.30. The number of allylic oxidation sites excluding steroid dienone is 5. The third-order valence-electron chi connectivity index (χ3n) is 11.8. The number of hydrogen-bond donors (Lipinski definition) is 9. The summed E-state index contributed by atoms with van der Waals surface area (Å²) in [4.78, 5) is 13.1. The molecule has 9 N–H and O–H groups in total. The zero-order valence-electron chi connectivity index (χ0n) is 38.1. The molecule has 2 fully saturated rings. The molecule has 0 aromatic heterocycles. The lowest BCUT2D eigenvalue weighted by molar-refractivity contribution is -0.359. The average molecular weight is 886 g/mol. The first-order valence-electron chi connectivity index (χ1n) is 24.2. The van der Waals surface area contributed by atoms with Crippen LogP contribution in [0.15, 0.2) is 36.5 Å². The summed E-state index contributed by atoms with van der Waals surface area (Å²) in [6.45, 7) is 2.69. The van der Waals surface area contributed by atoms with E-state index < -0.39 is 86.8 Å². The highest BCUT2D eigenvalue weighted by molar-refractivity contribution is 5.76. The van der Waals surface area contributed by atoms with E-state index in [9.17, 15) is 45.6 Å². The van der Waals surface area contributed by atoms with Crippen molar-refractivity contribution in [1.82, 2.24) is 5.32 Å². The number of hydrogen-bond acceptors (Lipinski definition) is 13. The van der Waals surface area contributed by atoms with E-state index in [-0.39, 0.29) is 18.9 Å². The molecule has 0 spiro atoms. The monoisotopic (exact) mass is 886 g/mol. The summed E-state index contributed by atoms with van der Waals surface area (Å²) < 4.78 is 22.6. The standard InChI is InChI=1S/C48H87NO13/c1-3-5-7-9-11-13-15-17-18-19-20-22-24-26-28-30-32-40(53)49-36(37(52)31-29-27-25-23-21-16-14-12-10-8-6-4-2)35-59-47-45(58)43(56)46(39(34-51)61-47)62-48-44(57)42(55)41(54)38(33-50)60-48/h10,12,21,23,29,31,36-39,41-48,50-52,54-58H,3-9,11,13-20,22,24-28,30,32-35H2,1-2H3,(H,49,53)/b12-10+,23-21+,31-29+. The molecule has 62 heavy (non-hydrogen) atoms. The minimum absolute atomic E-state index is 0.255. The van der Waals surface area contributed by atoms with E-state index in [2.05, 4.69) is 43.5 Å². The first-order chi connectivity index (χ1) is 30.1. The van der Waals surface area contributed by atoms with Crippen molar-refractivity contribution in [2.75, 3.05) is 19.8 Å². The fourth-order valence-corrected chi connectivity index (χ4v) is 7.78. The van der Waals surface area contributed by atoms with Crippen molar-refractivity contribution >= 4 is 5.91 Å². The van der Waals surface area contributed by atoms with Crippen LogP contribution in [0.5, 0.6) is 0 Å². The molecule has 12 atom stereocenters. The van der Waals surface area contributed by atoms with Gasteiger partial charge < -0.3 is 65.1 Å². The maximum absolute atomic E-state index is 13.1. The minimum Gasteiger partial charge on any atom is -0.394 e. The maximum Gasteiger partial charge on any atom is 0.220 e. The molecular formula is C48H87NO13. The quantitative estimate of drug-likeness (QED) is 0.0279. The molecule has 1 amide bonds. The van der Waals surface area contributed by atoms with Crippen molar-refractivity contribution in [3.05, 3.63) is 36.5 Å². The van der Waals surface area contributed by atoms with Gasteiger partial charge in [-0.3, -0.25) is 4.79 Å². The molecule has 0 saturated carbocycles. The molecule has 2 rings (SSSR count). The van der Waals surface area contributed by atoms with Gasteiger partial charge in [-0.2, -0.15) is 0 Å². The van der Waals surface area contributed by atoms with Gasteiger partial charge in [0.2, 0.25) is 5.91 Å². The van der Waals surface area contributed by atoms with E-state index in [1.165, 1.54) is 89.9 Å². The molecule has 2 aliphatic heterocycles. The van der Waals surface area contributed by atoms with Gasteiger partial charge >= 0.3 is 0 Å². The van der Waals surface area contributed by atoms with Crippen LogP contribution in [0.4, 0.5) is 0 Å². The van der Waals surface area contributed by atoms with E-state index >= 15 is 0 Å². The lowest BCUT2D eigenvalue weighted by atomic mass is 9.97. The van der Waals surface area contributed by atoms with E-state index in [0.717, 1.165) is 44.9 Å². The molecule has 0 bridgehead atoms. The number of carbonyl (C=O) groups is 1. The second-order valence-corrected chi connectivity index (χ2v) is 17.2. The van der Waals surface area contributed by atoms with E-state index in [0.29, 0.717) is 12.8 Å². The summed E-state index contributed by atoms with van der Waals surface area (Å²) in [6, 6.07) is -0.932. The number of aliphatic hydroxyl groups is 8. The number of ether oxygens (including phenoxy) is 4. The SMILES string of the molecule is CCCC/C=C/CC/C=C/CC/C=C/C(O)C(COC1OC(CO)C(OC2OC(CO)C(O)C(O)C2O)C(O)C1O)NC(=O)CCCCCCCCCCCCCCCCCC. The van der Waals surface area contributed by atoms with Gasteiger partial charge in [-0.05, 0) is 38.5 Å². The number of unbranched alkanes of at least 4 members (excludes halogenated alkanes) is 19. The van der Waals surface area contributed by atoms with E-state index in [4.69, 9.17) is 18.9 Å². The van der Waals surface area contributed by atoms with Crippen LogP contribution in [-0.2, 0) is 23.7 Å². The normalized spacial score (nSPS) is 28.0. The van der Waals surface area contributed by atoms with Gasteiger partial charge in [-0.25, -0.2) is 0 Å². The second-order valence-electron chi connectivity index (χ2n) is 17.2. The number of amides is 1. The summed E-state index contributed by atoms with van der Waals surface area (Å²) in [7, 11) is 0. The van der Waals surface area contributed by atoms with Crippen molar-refractivity contribution in [3.8, 4) is 0 Å². The van der Waals surface area contributed by atoms with Gasteiger partial charge in [-0.15, -0.1) is 0 Å². The van der Waals surface area contributed by atoms with Gasteiger partial charge in [0.05, 0.1) is 32.0 Å². The molecule has 2 heterocycles. The van der Waals surface area contributed by atoms with Crippen molar-refractivity contribution in [3.63, 3.8) is 0 Å². The Balaban J connectivity index is 1.88. The molecule has 14 nitrogen and oxygen atoms in total. The average Bonchev–Trinajstić information content (AvgIpc) is 3.27. The highest BCUT2D eigenvalue weighted by Gasteiger charge is 2.51. The highest BCUT2D eigenvalue weighted by atomic mass is 16.7. The summed E-state index contributed by atoms with van der Waals surface area (Å²) in [5, 5.41) is 86.5. The Morgan fingerprint density at radius 3 is 1.56 bits per heavy atom. The second kappa shape index (κ2) is 35.5. The first-order valence-corrected chi connectivity index (χ1v) is 24.2. The molecule has 0 aliphatic carbocycles. The topological polar surface area (TPSA) is 228 Å². The Bertz CT molecular complexity index is 1190. The molecule has 12 unspecified atom stereocenters. The molecular weight excluding hydrogens is 799 g/mol. The predicted octanol–water partition coefficient (Wildman–Crippen LogP) is 5.54. The first kappa shape index (κ1) is 56.3. The molecule has 14 heteroatoms. The van der Waals surface area contributed by atoms with Crippen LogP contribution in [0.3, 0.4) is 0 Å². The van der Waals surface area contributed by atoms with Gasteiger partial charge in [0.1, 0.15) is 48.8 Å². The fourth-order valence-electron chi connectivity index (χ4n) is 7.78. The van der Waals surface area contributed by atoms with Crippen LogP contribution >= 0.6 is 0 Å².